The molecular formula is C20H24O7. The molecule has 5 fully saturated rings. The fourth-order valence-electron chi connectivity index (χ4n) is 7.76. The van der Waals surface area contributed by atoms with Crippen LogP contribution in [0.1, 0.15) is 40.0 Å². The van der Waals surface area contributed by atoms with Gasteiger partial charge in [-0.25, -0.2) is 4.79 Å². The molecule has 7 nitrogen and oxygen atoms in total. The smallest absolute Gasteiger partial charge is 0.336 e. The van der Waals surface area contributed by atoms with Gasteiger partial charge in [-0.15, -0.1) is 0 Å². The predicted octanol–water partition coefficient (Wildman–Crippen LogP) is 0.421. The SMILES string of the molecule is CC(C)[C@]12O[C@H]1[C@@H]1O[C@]13[C@]1(O[C@H]1C[C@@H]1C4=C(CC[C@@]13C)C(=O)O[C@@H]4O)[C@@H]2O. The van der Waals surface area contributed by atoms with Crippen LogP contribution in [-0.2, 0) is 23.7 Å². The second-order valence-corrected chi connectivity index (χ2v) is 10.0. The summed E-state index contributed by atoms with van der Waals surface area (Å²) in [5.74, 6) is -0.273. The lowest BCUT2D eigenvalue weighted by Gasteiger charge is -2.53. The van der Waals surface area contributed by atoms with Crippen LogP contribution in [0.15, 0.2) is 11.1 Å². The Morgan fingerprint density at radius 1 is 1.15 bits per heavy atom. The topological polar surface area (TPSA) is 104 Å². The zero-order valence-corrected chi connectivity index (χ0v) is 15.6. The summed E-state index contributed by atoms with van der Waals surface area (Å²) >= 11 is 0. The first-order valence-corrected chi connectivity index (χ1v) is 10.1. The van der Waals surface area contributed by atoms with Crippen LogP contribution in [0.2, 0.25) is 0 Å². The van der Waals surface area contributed by atoms with E-state index in [9.17, 15) is 15.0 Å². The molecule has 7 rings (SSSR count). The minimum Gasteiger partial charge on any atom is -0.428 e. The predicted molar refractivity (Wildman–Crippen MR) is 88.2 cm³/mol. The minimum absolute atomic E-state index is 0.0502. The summed E-state index contributed by atoms with van der Waals surface area (Å²) in [5, 5.41) is 21.9. The first-order chi connectivity index (χ1) is 12.8. The van der Waals surface area contributed by atoms with Gasteiger partial charge in [0.15, 0.2) is 5.60 Å². The van der Waals surface area contributed by atoms with Gasteiger partial charge in [-0.2, -0.15) is 0 Å². The van der Waals surface area contributed by atoms with E-state index in [4.69, 9.17) is 18.9 Å². The summed E-state index contributed by atoms with van der Waals surface area (Å²) in [6.07, 6.45) is -0.272. The summed E-state index contributed by atoms with van der Waals surface area (Å²) in [6.45, 7) is 6.33. The Bertz CT molecular complexity index is 851. The summed E-state index contributed by atoms with van der Waals surface area (Å²) < 4.78 is 24.0. The van der Waals surface area contributed by atoms with Crippen LogP contribution in [0.25, 0.3) is 0 Å². The van der Waals surface area contributed by atoms with Crippen LogP contribution < -0.4 is 0 Å². The summed E-state index contributed by atoms with van der Waals surface area (Å²) in [6, 6.07) is 0. The molecule has 0 bridgehead atoms. The van der Waals surface area contributed by atoms with E-state index in [0.717, 1.165) is 6.42 Å². The average molecular weight is 376 g/mol. The molecule has 10 atom stereocenters. The lowest BCUT2D eigenvalue weighted by molar-refractivity contribution is -0.153. The molecular weight excluding hydrogens is 352 g/mol. The van der Waals surface area contributed by atoms with Crippen LogP contribution >= 0.6 is 0 Å². The summed E-state index contributed by atoms with van der Waals surface area (Å²) in [5.41, 5.74) is -0.915. The van der Waals surface area contributed by atoms with E-state index in [0.29, 0.717) is 24.0 Å². The molecule has 3 aliphatic carbocycles. The molecule has 4 heterocycles. The number of fused-ring (bicyclic) bond motifs is 4. The highest BCUT2D eigenvalue weighted by Gasteiger charge is 3.00. The number of esters is 1. The number of aliphatic hydroxyl groups is 2. The Hall–Kier alpha value is -0.990. The van der Waals surface area contributed by atoms with Gasteiger partial charge in [0.05, 0.1) is 6.10 Å². The van der Waals surface area contributed by atoms with Crippen LogP contribution in [0.4, 0.5) is 0 Å². The first-order valence-electron chi connectivity index (χ1n) is 10.1. The van der Waals surface area contributed by atoms with Crippen LogP contribution in [0.3, 0.4) is 0 Å². The number of hydrogen-bond donors (Lipinski definition) is 2. The molecule has 0 aromatic carbocycles. The van der Waals surface area contributed by atoms with Gasteiger partial charge < -0.3 is 29.2 Å². The second kappa shape index (κ2) is 4.00. The molecule has 0 aromatic heterocycles. The molecule has 4 aliphatic heterocycles. The monoisotopic (exact) mass is 376 g/mol. The molecule has 3 saturated heterocycles. The van der Waals surface area contributed by atoms with E-state index in [1.807, 2.05) is 0 Å². The fraction of sp³-hybridized carbons (Fsp3) is 0.850. The van der Waals surface area contributed by atoms with E-state index >= 15 is 0 Å². The molecule has 0 amide bonds. The van der Waals surface area contributed by atoms with Crippen molar-refractivity contribution in [3.8, 4) is 0 Å². The number of aliphatic hydroxyl groups excluding tert-OH is 2. The molecule has 2 spiro atoms. The van der Waals surface area contributed by atoms with Crippen molar-refractivity contribution in [1.29, 1.82) is 0 Å². The van der Waals surface area contributed by atoms with E-state index in [-0.39, 0.29) is 35.6 Å². The lowest BCUT2D eigenvalue weighted by Crippen LogP contribution is -2.69. The fourth-order valence-corrected chi connectivity index (χ4v) is 7.76. The third kappa shape index (κ3) is 1.27. The maximum Gasteiger partial charge on any atom is 0.336 e. The largest absolute Gasteiger partial charge is 0.428 e. The summed E-state index contributed by atoms with van der Waals surface area (Å²) in [7, 11) is 0. The van der Waals surface area contributed by atoms with Gasteiger partial charge in [0.1, 0.15) is 29.5 Å². The summed E-state index contributed by atoms with van der Waals surface area (Å²) in [4.78, 5) is 12.1. The number of cyclic esters (lactones) is 1. The molecule has 27 heavy (non-hydrogen) atoms. The Balaban J connectivity index is 1.39. The van der Waals surface area contributed by atoms with Crippen molar-refractivity contribution in [2.45, 2.75) is 87.5 Å². The molecule has 146 valence electrons. The normalized spacial score (nSPS) is 64.0. The highest BCUT2D eigenvalue weighted by molar-refractivity contribution is 5.92. The van der Waals surface area contributed by atoms with E-state index in [1.165, 1.54) is 0 Å². The number of carbonyl (C=O) groups is 1. The van der Waals surface area contributed by atoms with E-state index in [2.05, 4.69) is 20.8 Å². The van der Waals surface area contributed by atoms with Crippen molar-refractivity contribution < 1.29 is 34.0 Å². The highest BCUT2D eigenvalue weighted by atomic mass is 16.7. The quantitative estimate of drug-likeness (QED) is 0.505. The van der Waals surface area contributed by atoms with Crippen LogP contribution in [0, 0.1) is 17.3 Å². The third-order valence-electron chi connectivity index (χ3n) is 9.14. The van der Waals surface area contributed by atoms with Gasteiger partial charge in [-0.1, -0.05) is 20.8 Å². The van der Waals surface area contributed by atoms with Gasteiger partial charge in [0, 0.05) is 16.6 Å². The van der Waals surface area contributed by atoms with E-state index < -0.39 is 35.2 Å². The molecule has 2 N–H and O–H groups in total. The van der Waals surface area contributed by atoms with Gasteiger partial charge in [-0.05, 0) is 31.1 Å². The molecule has 7 aliphatic rings. The Morgan fingerprint density at radius 2 is 1.93 bits per heavy atom. The average Bonchev–Trinajstić information content (AvgIpc) is 3.47. The van der Waals surface area contributed by atoms with Crippen molar-refractivity contribution >= 4 is 5.97 Å². The third-order valence-corrected chi connectivity index (χ3v) is 9.14. The van der Waals surface area contributed by atoms with Crippen molar-refractivity contribution in [2.24, 2.45) is 17.3 Å². The van der Waals surface area contributed by atoms with Crippen LogP contribution in [-0.4, -0.2) is 63.7 Å². The zero-order valence-electron chi connectivity index (χ0n) is 15.6. The Kier molecular flexibility index (Phi) is 2.35. The molecule has 7 heteroatoms. The van der Waals surface area contributed by atoms with Crippen molar-refractivity contribution in [3.63, 3.8) is 0 Å². The van der Waals surface area contributed by atoms with Crippen molar-refractivity contribution in [1.82, 2.24) is 0 Å². The zero-order chi connectivity index (χ0) is 18.7. The number of ether oxygens (including phenoxy) is 4. The van der Waals surface area contributed by atoms with Gasteiger partial charge in [0.25, 0.3) is 0 Å². The highest BCUT2D eigenvalue weighted by Crippen LogP contribution is 2.83. The van der Waals surface area contributed by atoms with Crippen molar-refractivity contribution in [2.75, 3.05) is 0 Å². The maximum absolute atomic E-state index is 12.1. The first kappa shape index (κ1) is 15.9. The van der Waals surface area contributed by atoms with Gasteiger partial charge in [-0.3, -0.25) is 0 Å². The number of rotatable bonds is 1. The van der Waals surface area contributed by atoms with E-state index in [1.54, 1.807) is 0 Å². The lowest BCUT2D eigenvalue weighted by atomic mass is 9.46. The molecule has 0 unspecified atom stereocenters. The Morgan fingerprint density at radius 3 is 2.67 bits per heavy atom. The molecule has 0 radical (unpaired) electrons. The number of hydrogen-bond acceptors (Lipinski definition) is 7. The second-order valence-electron chi connectivity index (χ2n) is 10.0. The van der Waals surface area contributed by atoms with Gasteiger partial charge in [0.2, 0.25) is 6.29 Å². The minimum atomic E-state index is -1.17. The maximum atomic E-state index is 12.1. The number of epoxide rings is 3. The Labute approximate surface area is 156 Å². The van der Waals surface area contributed by atoms with Gasteiger partial charge >= 0.3 is 5.97 Å². The standard InChI is InChI=1S/C20H24O7/c1-7(2)18-12(26-18)13-20(27-13)17(3)5-4-8-11(15(22)24-14(8)21)9(17)6-10-19(20,25-10)16(18)23/h7,9-10,12-13,15-16,22-23H,4-6H2,1-3H3/t9-,10+,12+,13+,15+,16-,17+,18+,19-,20-/m1/s1. The molecule has 2 saturated carbocycles. The van der Waals surface area contributed by atoms with Crippen molar-refractivity contribution in [3.05, 3.63) is 11.1 Å². The number of carbonyl (C=O) groups excluding carboxylic acids is 1. The molecule has 0 aromatic rings. The van der Waals surface area contributed by atoms with Crippen LogP contribution in [0.5, 0.6) is 0 Å².